The zero-order valence-electron chi connectivity index (χ0n) is 20.8. The van der Waals surface area contributed by atoms with Crippen molar-refractivity contribution in [3.8, 4) is 6.07 Å². The van der Waals surface area contributed by atoms with Gasteiger partial charge in [-0.05, 0) is 53.2 Å². The van der Waals surface area contributed by atoms with E-state index in [0.29, 0.717) is 28.2 Å². The van der Waals surface area contributed by atoms with Crippen LogP contribution in [0.4, 0.5) is 16.4 Å². The molecule has 0 radical (unpaired) electrons. The van der Waals surface area contributed by atoms with Gasteiger partial charge in [-0.2, -0.15) is 5.26 Å². The van der Waals surface area contributed by atoms with Gasteiger partial charge in [0.2, 0.25) is 0 Å². The first-order chi connectivity index (χ1) is 16.9. The lowest BCUT2D eigenvalue weighted by molar-refractivity contribution is 0.0525. The van der Waals surface area contributed by atoms with Crippen LogP contribution in [0.25, 0.3) is 10.9 Å². The van der Waals surface area contributed by atoms with Gasteiger partial charge in [0.05, 0.1) is 22.0 Å². The molecule has 2 atom stereocenters. The van der Waals surface area contributed by atoms with E-state index in [2.05, 4.69) is 20.6 Å². The Morgan fingerprint density at radius 3 is 2.69 bits per heavy atom. The van der Waals surface area contributed by atoms with E-state index in [9.17, 15) is 14.9 Å². The van der Waals surface area contributed by atoms with Gasteiger partial charge in [0.15, 0.2) is 0 Å². The normalized spacial score (nSPS) is 13.0. The monoisotopic (exact) mass is 512 g/mol. The first-order valence-corrected chi connectivity index (χ1v) is 11.7. The maximum atomic E-state index is 13.6. The standard InChI is InChI=1S/C24H29ClN8O3/c1-13(9-10-28-23(35)36-24(3,4)5)33-21(32-17-8-6-7-16(25)18(17)22(33)34)14(2)31-20-15(11-26)19(27)29-12-30-20/h6-8,12-14H,9-10H2,1-5H3,(H,28,35)(H3,27,29,30,31)/t13?,14-/m0/s1. The molecule has 0 saturated heterocycles. The van der Waals surface area contributed by atoms with Crippen molar-refractivity contribution in [1.29, 1.82) is 5.26 Å². The summed E-state index contributed by atoms with van der Waals surface area (Å²) in [6.45, 7) is 9.25. The summed E-state index contributed by atoms with van der Waals surface area (Å²) in [5.74, 6) is 0.670. The molecule has 190 valence electrons. The Labute approximate surface area is 213 Å². The zero-order valence-corrected chi connectivity index (χ0v) is 21.6. The molecule has 3 rings (SSSR count). The molecule has 0 saturated carbocycles. The number of carbonyl (C=O) groups excluding carboxylic acids is 1. The van der Waals surface area contributed by atoms with E-state index in [1.54, 1.807) is 50.5 Å². The molecule has 4 N–H and O–H groups in total. The molecule has 12 heteroatoms. The van der Waals surface area contributed by atoms with Crippen molar-refractivity contribution in [3.05, 3.63) is 51.3 Å². The number of ether oxygens (including phenoxy) is 1. The summed E-state index contributed by atoms with van der Waals surface area (Å²) < 4.78 is 6.82. The summed E-state index contributed by atoms with van der Waals surface area (Å²) in [4.78, 5) is 38.4. The first kappa shape index (κ1) is 26.7. The first-order valence-electron chi connectivity index (χ1n) is 11.4. The van der Waals surface area contributed by atoms with Crippen molar-refractivity contribution in [2.24, 2.45) is 0 Å². The second-order valence-electron chi connectivity index (χ2n) is 9.31. The van der Waals surface area contributed by atoms with Gasteiger partial charge in [-0.3, -0.25) is 9.36 Å². The number of carbonyl (C=O) groups is 1. The number of rotatable bonds is 7. The molecule has 1 aromatic carbocycles. The van der Waals surface area contributed by atoms with Gasteiger partial charge in [0.25, 0.3) is 5.56 Å². The number of fused-ring (bicyclic) bond motifs is 1. The zero-order chi connectivity index (χ0) is 26.6. The third-order valence-electron chi connectivity index (χ3n) is 5.31. The Hall–Kier alpha value is -3.91. The number of nitriles is 1. The average Bonchev–Trinajstić information content (AvgIpc) is 2.77. The lowest BCUT2D eigenvalue weighted by atomic mass is 10.1. The summed E-state index contributed by atoms with van der Waals surface area (Å²) >= 11 is 6.36. The number of aromatic nitrogens is 4. The Morgan fingerprint density at radius 1 is 1.31 bits per heavy atom. The number of hydrogen-bond donors (Lipinski definition) is 3. The highest BCUT2D eigenvalue weighted by Crippen LogP contribution is 2.26. The molecule has 0 aliphatic carbocycles. The number of alkyl carbamates (subject to hydrolysis) is 1. The van der Waals surface area contributed by atoms with Crippen molar-refractivity contribution in [1.82, 2.24) is 24.8 Å². The summed E-state index contributed by atoms with van der Waals surface area (Å²) in [6, 6.07) is 6.13. The van der Waals surface area contributed by atoms with E-state index in [1.807, 2.05) is 13.0 Å². The topological polar surface area (TPSA) is 161 Å². The highest BCUT2D eigenvalue weighted by molar-refractivity contribution is 6.35. The third kappa shape index (κ3) is 6.01. The van der Waals surface area contributed by atoms with Crippen LogP contribution in [0, 0.1) is 11.3 Å². The van der Waals surface area contributed by atoms with Gasteiger partial charge in [-0.15, -0.1) is 0 Å². The minimum atomic E-state index is -0.618. The van der Waals surface area contributed by atoms with Gasteiger partial charge in [-0.1, -0.05) is 17.7 Å². The van der Waals surface area contributed by atoms with Crippen molar-refractivity contribution in [2.75, 3.05) is 17.6 Å². The fourth-order valence-electron chi connectivity index (χ4n) is 3.67. The van der Waals surface area contributed by atoms with Gasteiger partial charge in [-0.25, -0.2) is 19.7 Å². The molecule has 2 heterocycles. The summed E-state index contributed by atoms with van der Waals surface area (Å²) in [6.07, 6.45) is 1.12. The number of nitrogens with one attached hydrogen (secondary N) is 2. The van der Waals surface area contributed by atoms with Crippen LogP contribution in [0.1, 0.15) is 64.5 Å². The van der Waals surface area contributed by atoms with E-state index in [1.165, 1.54) is 6.33 Å². The smallest absolute Gasteiger partial charge is 0.407 e. The average molecular weight is 513 g/mol. The highest BCUT2D eigenvalue weighted by atomic mass is 35.5. The Morgan fingerprint density at radius 2 is 2.03 bits per heavy atom. The van der Waals surface area contributed by atoms with Crippen LogP contribution in [-0.4, -0.2) is 37.8 Å². The Bertz CT molecular complexity index is 1380. The molecule has 3 aromatic rings. The van der Waals surface area contributed by atoms with Gasteiger partial charge >= 0.3 is 6.09 Å². The van der Waals surface area contributed by atoms with E-state index < -0.39 is 17.7 Å². The molecular formula is C24H29ClN8O3. The lowest BCUT2D eigenvalue weighted by Gasteiger charge is -2.25. The summed E-state index contributed by atoms with van der Waals surface area (Å²) in [5.41, 5.74) is 5.41. The van der Waals surface area contributed by atoms with Crippen LogP contribution in [0.3, 0.4) is 0 Å². The molecule has 2 aromatic heterocycles. The fraction of sp³-hybridized carbons (Fsp3) is 0.417. The Kier molecular flexibility index (Phi) is 8.00. The van der Waals surface area contributed by atoms with Crippen LogP contribution in [-0.2, 0) is 4.74 Å². The molecule has 36 heavy (non-hydrogen) atoms. The van der Waals surface area contributed by atoms with E-state index in [4.69, 9.17) is 27.1 Å². The quantitative estimate of drug-likeness (QED) is 0.425. The van der Waals surface area contributed by atoms with Crippen LogP contribution in [0.5, 0.6) is 0 Å². The minimum Gasteiger partial charge on any atom is -0.444 e. The van der Waals surface area contributed by atoms with Crippen LogP contribution in [0.2, 0.25) is 5.02 Å². The number of halogens is 1. The molecule has 0 aliphatic heterocycles. The van der Waals surface area contributed by atoms with Gasteiger partial charge in [0.1, 0.15) is 41.0 Å². The molecule has 0 aliphatic rings. The number of benzene rings is 1. The van der Waals surface area contributed by atoms with E-state index in [0.717, 1.165) is 0 Å². The Balaban J connectivity index is 1.98. The van der Waals surface area contributed by atoms with Crippen molar-refractivity contribution < 1.29 is 9.53 Å². The number of amides is 1. The van der Waals surface area contributed by atoms with Crippen LogP contribution >= 0.6 is 11.6 Å². The highest BCUT2D eigenvalue weighted by Gasteiger charge is 2.23. The van der Waals surface area contributed by atoms with Crippen molar-refractivity contribution in [2.45, 2.75) is 58.7 Å². The summed E-state index contributed by atoms with van der Waals surface area (Å²) in [7, 11) is 0. The molecular weight excluding hydrogens is 484 g/mol. The molecule has 0 spiro atoms. The van der Waals surface area contributed by atoms with Crippen molar-refractivity contribution in [3.63, 3.8) is 0 Å². The van der Waals surface area contributed by atoms with Crippen LogP contribution < -0.4 is 21.9 Å². The predicted octanol–water partition coefficient (Wildman–Crippen LogP) is 3.94. The predicted molar refractivity (Wildman–Crippen MR) is 138 cm³/mol. The third-order valence-corrected chi connectivity index (χ3v) is 5.62. The van der Waals surface area contributed by atoms with Crippen LogP contribution in [0.15, 0.2) is 29.3 Å². The molecule has 1 amide bonds. The second-order valence-corrected chi connectivity index (χ2v) is 9.71. The molecule has 0 bridgehead atoms. The largest absolute Gasteiger partial charge is 0.444 e. The van der Waals surface area contributed by atoms with Gasteiger partial charge in [0, 0.05) is 12.6 Å². The number of anilines is 2. The fourth-order valence-corrected chi connectivity index (χ4v) is 3.92. The lowest BCUT2D eigenvalue weighted by Crippen LogP contribution is -2.35. The maximum Gasteiger partial charge on any atom is 0.407 e. The molecule has 0 fully saturated rings. The number of hydrogen-bond acceptors (Lipinski definition) is 9. The number of nitrogens with two attached hydrogens (primary N) is 1. The number of nitrogens with zero attached hydrogens (tertiary/aromatic N) is 5. The SMILES string of the molecule is CC(CCNC(=O)OC(C)(C)C)n1c([C@H](C)Nc2ncnc(N)c2C#N)nc2cccc(Cl)c2c1=O. The maximum absolute atomic E-state index is 13.6. The van der Waals surface area contributed by atoms with E-state index >= 15 is 0 Å². The minimum absolute atomic E-state index is 0.0411. The van der Waals surface area contributed by atoms with E-state index in [-0.39, 0.29) is 35.3 Å². The summed E-state index contributed by atoms with van der Waals surface area (Å²) in [5, 5.41) is 15.9. The van der Waals surface area contributed by atoms with Crippen molar-refractivity contribution >= 4 is 40.2 Å². The second kappa shape index (κ2) is 10.8. The van der Waals surface area contributed by atoms with Gasteiger partial charge < -0.3 is 21.1 Å². The number of nitrogen functional groups attached to an aromatic ring is 1. The molecule has 11 nitrogen and oxygen atoms in total. The molecule has 1 unspecified atom stereocenters.